The van der Waals surface area contributed by atoms with Crippen molar-refractivity contribution in [2.45, 2.75) is 19.9 Å². The molecule has 0 fully saturated rings. The van der Waals surface area contributed by atoms with Crippen molar-refractivity contribution in [2.75, 3.05) is 11.9 Å². The largest absolute Gasteiger partial charge is 0.461 e. The van der Waals surface area contributed by atoms with Crippen LogP contribution in [0, 0.1) is 0 Å². The summed E-state index contributed by atoms with van der Waals surface area (Å²) in [7, 11) is 1.87. The minimum Gasteiger partial charge on any atom is -0.461 e. The first-order valence-corrected chi connectivity index (χ1v) is 6.72. The van der Waals surface area contributed by atoms with Crippen LogP contribution in [-0.2, 0) is 11.8 Å². The van der Waals surface area contributed by atoms with Gasteiger partial charge in [-0.1, -0.05) is 0 Å². The van der Waals surface area contributed by atoms with Crippen LogP contribution in [0.25, 0.3) is 0 Å². The van der Waals surface area contributed by atoms with Gasteiger partial charge in [0.2, 0.25) is 0 Å². The molecule has 1 atom stereocenters. The van der Waals surface area contributed by atoms with E-state index in [-0.39, 0.29) is 6.04 Å². The van der Waals surface area contributed by atoms with Crippen molar-refractivity contribution in [3.05, 3.63) is 23.2 Å². The molecule has 0 bridgehead atoms. The number of rotatable bonds is 5. The highest BCUT2D eigenvalue weighted by Crippen LogP contribution is 2.21. The first-order chi connectivity index (χ1) is 9.11. The van der Waals surface area contributed by atoms with Crippen LogP contribution < -0.4 is 5.32 Å². The van der Waals surface area contributed by atoms with Crippen LogP contribution in [0.1, 0.15) is 36.2 Å². The monoisotopic (exact) mass is 281 g/mol. The van der Waals surface area contributed by atoms with E-state index in [1.807, 2.05) is 18.5 Å². The Morgan fingerprint density at radius 1 is 1.63 bits per heavy atom. The van der Waals surface area contributed by atoms with E-state index < -0.39 is 5.97 Å². The number of thiazole rings is 1. The number of hydrogen-bond donors (Lipinski definition) is 1. The first kappa shape index (κ1) is 13.5. The molecular formula is C11H15N5O2S. The van der Waals surface area contributed by atoms with Crippen molar-refractivity contribution in [2.24, 2.45) is 7.05 Å². The molecule has 0 saturated carbocycles. The van der Waals surface area contributed by atoms with Gasteiger partial charge in [-0.05, 0) is 13.8 Å². The molecule has 102 valence electrons. The van der Waals surface area contributed by atoms with Crippen LogP contribution in [0.5, 0.6) is 0 Å². The number of aromatic nitrogens is 4. The average molecular weight is 281 g/mol. The molecule has 8 heteroatoms. The summed E-state index contributed by atoms with van der Waals surface area (Å²) in [6.07, 6.45) is 1.64. The Hall–Kier alpha value is -1.96. The van der Waals surface area contributed by atoms with Gasteiger partial charge in [0.05, 0.1) is 12.6 Å². The molecule has 1 N–H and O–H groups in total. The van der Waals surface area contributed by atoms with Gasteiger partial charge in [0.15, 0.2) is 16.6 Å². The Labute approximate surface area is 114 Å². The van der Waals surface area contributed by atoms with E-state index in [0.29, 0.717) is 17.4 Å². The summed E-state index contributed by atoms with van der Waals surface area (Å²) < 4.78 is 6.72. The normalized spacial score (nSPS) is 12.2. The van der Waals surface area contributed by atoms with Crippen molar-refractivity contribution >= 4 is 22.4 Å². The van der Waals surface area contributed by atoms with Gasteiger partial charge in [0.1, 0.15) is 6.33 Å². The Bertz CT molecular complexity index is 565. The fraction of sp³-hybridized carbons (Fsp3) is 0.455. The van der Waals surface area contributed by atoms with Crippen molar-refractivity contribution in [3.63, 3.8) is 0 Å². The van der Waals surface area contributed by atoms with Crippen LogP contribution in [0.15, 0.2) is 11.7 Å². The van der Waals surface area contributed by atoms with Gasteiger partial charge in [0, 0.05) is 12.4 Å². The van der Waals surface area contributed by atoms with Gasteiger partial charge < -0.3 is 14.6 Å². The SMILES string of the molecule is CCOC(=O)c1csc(NC(C)c2nncn2C)n1. The lowest BCUT2D eigenvalue weighted by atomic mass is 10.3. The summed E-state index contributed by atoms with van der Waals surface area (Å²) in [6, 6.07) is -0.0475. The third-order valence-electron chi connectivity index (χ3n) is 2.46. The maximum Gasteiger partial charge on any atom is 0.357 e. The Morgan fingerprint density at radius 2 is 2.42 bits per heavy atom. The minimum atomic E-state index is -0.405. The fourth-order valence-corrected chi connectivity index (χ4v) is 2.34. The summed E-state index contributed by atoms with van der Waals surface area (Å²) in [5.74, 6) is 0.394. The molecule has 0 saturated heterocycles. The number of esters is 1. The Morgan fingerprint density at radius 3 is 3.05 bits per heavy atom. The van der Waals surface area contributed by atoms with Crippen LogP contribution >= 0.6 is 11.3 Å². The quantitative estimate of drug-likeness (QED) is 0.839. The topological polar surface area (TPSA) is 81.9 Å². The highest BCUT2D eigenvalue weighted by Gasteiger charge is 2.15. The number of ether oxygens (including phenoxy) is 1. The molecule has 0 aliphatic carbocycles. The third-order valence-corrected chi connectivity index (χ3v) is 3.24. The predicted molar refractivity (Wildman–Crippen MR) is 71.1 cm³/mol. The van der Waals surface area contributed by atoms with E-state index in [2.05, 4.69) is 20.5 Å². The van der Waals surface area contributed by atoms with Crippen molar-refractivity contribution in [1.82, 2.24) is 19.7 Å². The van der Waals surface area contributed by atoms with E-state index in [4.69, 9.17) is 4.74 Å². The molecule has 0 amide bonds. The number of hydrogen-bond acceptors (Lipinski definition) is 7. The molecule has 0 radical (unpaired) electrons. The number of anilines is 1. The molecule has 0 aliphatic rings. The molecule has 2 aromatic heterocycles. The zero-order valence-electron chi connectivity index (χ0n) is 11.0. The number of aryl methyl sites for hydroxylation is 1. The third kappa shape index (κ3) is 3.08. The zero-order chi connectivity index (χ0) is 13.8. The van der Waals surface area contributed by atoms with E-state index in [1.165, 1.54) is 11.3 Å². The molecule has 2 rings (SSSR count). The molecule has 1 unspecified atom stereocenters. The van der Waals surface area contributed by atoms with Gasteiger partial charge in [-0.2, -0.15) is 0 Å². The van der Waals surface area contributed by atoms with E-state index >= 15 is 0 Å². The predicted octanol–water partition coefficient (Wildman–Crippen LogP) is 1.62. The zero-order valence-corrected chi connectivity index (χ0v) is 11.8. The standard InChI is InChI=1S/C11H15N5O2S/c1-4-18-10(17)8-5-19-11(14-8)13-7(2)9-15-12-6-16(9)3/h5-7H,4H2,1-3H3,(H,13,14). The van der Waals surface area contributed by atoms with Crippen molar-refractivity contribution < 1.29 is 9.53 Å². The van der Waals surface area contributed by atoms with Crippen molar-refractivity contribution in [3.8, 4) is 0 Å². The summed E-state index contributed by atoms with van der Waals surface area (Å²) in [4.78, 5) is 15.7. The highest BCUT2D eigenvalue weighted by atomic mass is 32.1. The lowest BCUT2D eigenvalue weighted by Crippen LogP contribution is -2.12. The summed E-state index contributed by atoms with van der Waals surface area (Å²) in [5, 5.41) is 13.3. The second-order valence-corrected chi connectivity index (χ2v) is 4.78. The van der Waals surface area contributed by atoms with Gasteiger partial charge in [-0.25, -0.2) is 9.78 Å². The van der Waals surface area contributed by atoms with Crippen LogP contribution in [0.4, 0.5) is 5.13 Å². The molecular weight excluding hydrogens is 266 g/mol. The second kappa shape index (κ2) is 5.79. The smallest absolute Gasteiger partial charge is 0.357 e. The molecule has 0 spiro atoms. The lowest BCUT2D eigenvalue weighted by molar-refractivity contribution is 0.0520. The number of nitrogens with zero attached hydrogens (tertiary/aromatic N) is 4. The average Bonchev–Trinajstić information content (AvgIpc) is 2.98. The maximum absolute atomic E-state index is 11.5. The lowest BCUT2D eigenvalue weighted by Gasteiger charge is -2.11. The van der Waals surface area contributed by atoms with Crippen molar-refractivity contribution in [1.29, 1.82) is 0 Å². The number of nitrogens with one attached hydrogen (secondary N) is 1. The molecule has 2 aromatic rings. The Kier molecular flexibility index (Phi) is 4.10. The molecule has 7 nitrogen and oxygen atoms in total. The van der Waals surface area contributed by atoms with Crippen LogP contribution in [0.3, 0.4) is 0 Å². The van der Waals surface area contributed by atoms with E-state index in [9.17, 15) is 4.79 Å². The first-order valence-electron chi connectivity index (χ1n) is 5.85. The highest BCUT2D eigenvalue weighted by molar-refractivity contribution is 7.13. The molecule has 0 aliphatic heterocycles. The van der Waals surface area contributed by atoms with Gasteiger partial charge in [-0.15, -0.1) is 21.5 Å². The van der Waals surface area contributed by atoms with Crippen LogP contribution in [0.2, 0.25) is 0 Å². The molecule has 19 heavy (non-hydrogen) atoms. The van der Waals surface area contributed by atoms with Gasteiger partial charge in [-0.3, -0.25) is 0 Å². The van der Waals surface area contributed by atoms with Gasteiger partial charge in [0.25, 0.3) is 0 Å². The number of carbonyl (C=O) groups is 1. The second-order valence-electron chi connectivity index (χ2n) is 3.92. The fourth-order valence-electron chi connectivity index (χ4n) is 1.57. The van der Waals surface area contributed by atoms with Crippen LogP contribution in [-0.4, -0.2) is 32.3 Å². The van der Waals surface area contributed by atoms with Gasteiger partial charge >= 0.3 is 5.97 Å². The maximum atomic E-state index is 11.5. The summed E-state index contributed by atoms with van der Waals surface area (Å²) >= 11 is 1.35. The summed E-state index contributed by atoms with van der Waals surface area (Å²) in [5.41, 5.74) is 0.319. The van der Waals surface area contributed by atoms with E-state index in [1.54, 1.807) is 18.6 Å². The van der Waals surface area contributed by atoms with E-state index in [0.717, 1.165) is 5.82 Å². The molecule has 0 aromatic carbocycles. The minimum absolute atomic E-state index is 0.0475. The molecule has 2 heterocycles. The Balaban J connectivity index is 2.04. The number of carbonyl (C=O) groups excluding carboxylic acids is 1. The summed E-state index contributed by atoms with van der Waals surface area (Å²) in [6.45, 7) is 4.06.